The highest BCUT2D eigenvalue weighted by Gasteiger charge is 2.36. The highest BCUT2D eigenvalue weighted by molar-refractivity contribution is 6.01. The van der Waals surface area contributed by atoms with Gasteiger partial charge in [0.05, 0.1) is 24.8 Å². The van der Waals surface area contributed by atoms with Gasteiger partial charge >= 0.3 is 0 Å². The van der Waals surface area contributed by atoms with Crippen LogP contribution in [-0.4, -0.2) is 58.3 Å². The standard InChI is InChI=1S/C18H27N3O4.ClH/c1-3-25-16-7-5-4-6-15(16)21-13-14(12-17(21)22)18(23)20-9-8-19-10-11-24-2;/h4-7,14,19H,3,8-13H2,1-2H3,(H,20,23);1H. The van der Waals surface area contributed by atoms with Crippen LogP contribution in [0.15, 0.2) is 24.3 Å². The van der Waals surface area contributed by atoms with Gasteiger partial charge in [-0.1, -0.05) is 12.1 Å². The fraction of sp³-hybridized carbons (Fsp3) is 0.556. The summed E-state index contributed by atoms with van der Waals surface area (Å²) in [5.41, 5.74) is 0.728. The zero-order valence-electron chi connectivity index (χ0n) is 15.3. The van der Waals surface area contributed by atoms with Crippen molar-refractivity contribution in [1.29, 1.82) is 0 Å². The molecule has 146 valence electrons. The first-order valence-corrected chi connectivity index (χ1v) is 8.67. The summed E-state index contributed by atoms with van der Waals surface area (Å²) in [6.45, 7) is 5.40. The Morgan fingerprint density at radius 1 is 1.27 bits per heavy atom. The van der Waals surface area contributed by atoms with Crippen LogP contribution in [0.3, 0.4) is 0 Å². The van der Waals surface area contributed by atoms with Gasteiger partial charge in [-0.15, -0.1) is 12.4 Å². The lowest BCUT2D eigenvalue weighted by Crippen LogP contribution is -2.37. The fourth-order valence-electron chi connectivity index (χ4n) is 2.79. The van der Waals surface area contributed by atoms with Gasteiger partial charge in [0.1, 0.15) is 5.75 Å². The molecule has 7 nitrogen and oxygen atoms in total. The first-order chi connectivity index (χ1) is 12.2. The smallest absolute Gasteiger partial charge is 0.227 e. The Morgan fingerprint density at radius 2 is 2.04 bits per heavy atom. The molecule has 0 bridgehead atoms. The largest absolute Gasteiger partial charge is 0.492 e. The third-order valence-electron chi connectivity index (χ3n) is 4.04. The molecule has 2 N–H and O–H groups in total. The summed E-state index contributed by atoms with van der Waals surface area (Å²) in [4.78, 5) is 26.3. The van der Waals surface area contributed by atoms with Gasteiger partial charge in [0.25, 0.3) is 0 Å². The van der Waals surface area contributed by atoms with E-state index in [1.165, 1.54) is 0 Å². The number of carbonyl (C=O) groups excluding carboxylic acids is 2. The molecule has 0 spiro atoms. The van der Waals surface area contributed by atoms with Crippen LogP contribution in [-0.2, 0) is 14.3 Å². The fourth-order valence-corrected chi connectivity index (χ4v) is 2.79. The molecule has 8 heteroatoms. The SMILES string of the molecule is CCOc1ccccc1N1CC(C(=O)NCCNCCOC)CC1=O.Cl. The molecule has 0 saturated carbocycles. The molecule has 1 heterocycles. The molecule has 26 heavy (non-hydrogen) atoms. The van der Waals surface area contributed by atoms with E-state index in [0.29, 0.717) is 38.6 Å². The number of carbonyl (C=O) groups is 2. The Bertz CT molecular complexity index is 585. The average molecular weight is 386 g/mol. The molecular weight excluding hydrogens is 358 g/mol. The zero-order chi connectivity index (χ0) is 18.1. The molecule has 2 amide bonds. The number of nitrogens with zero attached hydrogens (tertiary/aromatic N) is 1. The third-order valence-corrected chi connectivity index (χ3v) is 4.04. The van der Waals surface area contributed by atoms with Crippen LogP contribution in [0, 0.1) is 5.92 Å². The second-order valence-corrected chi connectivity index (χ2v) is 5.84. The number of para-hydroxylation sites is 2. The van der Waals surface area contributed by atoms with E-state index in [4.69, 9.17) is 9.47 Å². The molecule has 1 aromatic rings. The van der Waals surface area contributed by atoms with E-state index in [-0.39, 0.29) is 36.6 Å². The Kier molecular flexibility index (Phi) is 10.0. The number of nitrogens with one attached hydrogen (secondary N) is 2. The molecule has 2 rings (SSSR count). The van der Waals surface area contributed by atoms with Crippen molar-refractivity contribution >= 4 is 29.9 Å². The van der Waals surface area contributed by atoms with Crippen LogP contribution < -0.4 is 20.3 Å². The number of amides is 2. The molecule has 0 aromatic heterocycles. The Hall–Kier alpha value is -1.83. The van der Waals surface area contributed by atoms with E-state index >= 15 is 0 Å². The second kappa shape index (κ2) is 11.7. The van der Waals surface area contributed by atoms with Crippen LogP contribution in [0.25, 0.3) is 0 Å². The zero-order valence-corrected chi connectivity index (χ0v) is 16.1. The van der Waals surface area contributed by atoms with E-state index in [1.54, 1.807) is 12.0 Å². The Balaban J connectivity index is 0.00000338. The number of hydrogen-bond donors (Lipinski definition) is 2. The summed E-state index contributed by atoms with van der Waals surface area (Å²) in [5, 5.41) is 6.05. The van der Waals surface area contributed by atoms with Crippen LogP contribution >= 0.6 is 12.4 Å². The van der Waals surface area contributed by atoms with Gasteiger partial charge in [0.2, 0.25) is 11.8 Å². The summed E-state index contributed by atoms with van der Waals surface area (Å²) in [5.74, 6) is 0.201. The van der Waals surface area contributed by atoms with Crippen molar-refractivity contribution in [3.63, 3.8) is 0 Å². The van der Waals surface area contributed by atoms with Crippen molar-refractivity contribution in [2.75, 3.05) is 51.4 Å². The number of anilines is 1. The van der Waals surface area contributed by atoms with Crippen LogP contribution in [0.4, 0.5) is 5.69 Å². The van der Waals surface area contributed by atoms with E-state index in [1.807, 2.05) is 31.2 Å². The predicted octanol–water partition coefficient (Wildman–Crippen LogP) is 1.21. The van der Waals surface area contributed by atoms with Crippen molar-refractivity contribution < 1.29 is 19.1 Å². The normalized spacial score (nSPS) is 16.3. The van der Waals surface area contributed by atoms with E-state index in [2.05, 4.69) is 10.6 Å². The minimum absolute atomic E-state index is 0. The minimum Gasteiger partial charge on any atom is -0.492 e. The molecule has 1 unspecified atom stereocenters. The monoisotopic (exact) mass is 385 g/mol. The van der Waals surface area contributed by atoms with Crippen LogP contribution in [0.2, 0.25) is 0 Å². The number of halogens is 1. The highest BCUT2D eigenvalue weighted by atomic mass is 35.5. The lowest BCUT2D eigenvalue weighted by atomic mass is 10.1. The molecule has 1 fully saturated rings. The van der Waals surface area contributed by atoms with Crippen molar-refractivity contribution in [3.8, 4) is 5.75 Å². The Morgan fingerprint density at radius 3 is 2.77 bits per heavy atom. The molecule has 0 aliphatic carbocycles. The molecule has 1 aliphatic rings. The average Bonchev–Trinajstić information content (AvgIpc) is 3.00. The second-order valence-electron chi connectivity index (χ2n) is 5.84. The third kappa shape index (κ3) is 6.16. The van der Waals surface area contributed by atoms with Gasteiger partial charge in [-0.3, -0.25) is 9.59 Å². The topological polar surface area (TPSA) is 79.9 Å². The highest BCUT2D eigenvalue weighted by Crippen LogP contribution is 2.33. The summed E-state index contributed by atoms with van der Waals surface area (Å²) >= 11 is 0. The molecule has 1 aromatic carbocycles. The number of hydrogen-bond acceptors (Lipinski definition) is 5. The first-order valence-electron chi connectivity index (χ1n) is 8.67. The van der Waals surface area contributed by atoms with Crippen LogP contribution in [0.1, 0.15) is 13.3 Å². The van der Waals surface area contributed by atoms with E-state index < -0.39 is 0 Å². The molecule has 1 atom stereocenters. The van der Waals surface area contributed by atoms with Crippen LogP contribution in [0.5, 0.6) is 5.75 Å². The summed E-state index contributed by atoms with van der Waals surface area (Å²) in [7, 11) is 1.65. The first kappa shape index (κ1) is 22.2. The van der Waals surface area contributed by atoms with Crippen molar-refractivity contribution in [1.82, 2.24) is 10.6 Å². The summed E-state index contributed by atoms with van der Waals surface area (Å²) in [6, 6.07) is 7.42. The summed E-state index contributed by atoms with van der Waals surface area (Å²) < 4.78 is 10.5. The number of methoxy groups -OCH3 is 1. The maximum Gasteiger partial charge on any atom is 0.227 e. The molecule has 1 aliphatic heterocycles. The van der Waals surface area contributed by atoms with Gasteiger partial charge < -0.3 is 25.0 Å². The lowest BCUT2D eigenvalue weighted by molar-refractivity contribution is -0.126. The quantitative estimate of drug-likeness (QED) is 0.592. The molecular formula is C18H28ClN3O4. The van der Waals surface area contributed by atoms with Gasteiger partial charge in [-0.2, -0.15) is 0 Å². The van der Waals surface area contributed by atoms with E-state index in [0.717, 1.165) is 12.2 Å². The minimum atomic E-state index is -0.332. The number of rotatable bonds is 10. The van der Waals surface area contributed by atoms with Gasteiger partial charge in [0.15, 0.2) is 0 Å². The molecule has 1 saturated heterocycles. The molecule has 0 radical (unpaired) electrons. The van der Waals surface area contributed by atoms with Crippen molar-refractivity contribution in [3.05, 3.63) is 24.3 Å². The summed E-state index contributed by atoms with van der Waals surface area (Å²) in [6.07, 6.45) is 0.226. The van der Waals surface area contributed by atoms with Gasteiger partial charge in [0, 0.05) is 39.7 Å². The van der Waals surface area contributed by atoms with Crippen molar-refractivity contribution in [2.45, 2.75) is 13.3 Å². The predicted molar refractivity (Wildman–Crippen MR) is 103 cm³/mol. The van der Waals surface area contributed by atoms with Crippen molar-refractivity contribution in [2.24, 2.45) is 5.92 Å². The Labute approximate surface area is 160 Å². The lowest BCUT2D eigenvalue weighted by Gasteiger charge is -2.20. The van der Waals surface area contributed by atoms with E-state index in [9.17, 15) is 9.59 Å². The maximum absolute atomic E-state index is 12.4. The number of benzene rings is 1. The maximum atomic E-state index is 12.4. The van der Waals surface area contributed by atoms with Gasteiger partial charge in [-0.05, 0) is 19.1 Å². The van der Waals surface area contributed by atoms with Gasteiger partial charge in [-0.25, -0.2) is 0 Å². The number of ether oxygens (including phenoxy) is 2.